The summed E-state index contributed by atoms with van der Waals surface area (Å²) < 4.78 is 17.8. The van der Waals surface area contributed by atoms with Crippen LogP contribution in [-0.2, 0) is 0 Å². The van der Waals surface area contributed by atoms with Crippen LogP contribution in [0.2, 0.25) is 0 Å². The van der Waals surface area contributed by atoms with Crippen molar-refractivity contribution >= 4 is 0 Å². The van der Waals surface area contributed by atoms with E-state index in [9.17, 15) is 9.50 Å². The quantitative estimate of drug-likeness (QED) is 0.838. The fraction of sp³-hybridized carbons (Fsp3) is 0.0769. The molecule has 0 aromatic heterocycles. The highest BCUT2D eigenvalue weighted by Gasteiger charge is 2.04. The van der Waals surface area contributed by atoms with Crippen LogP contribution >= 0.6 is 0 Å². The lowest BCUT2D eigenvalue weighted by atomic mass is 10.1. The molecule has 0 unspecified atom stereocenters. The molecule has 0 spiro atoms. The number of aromatic hydroxyl groups is 1. The summed E-state index contributed by atoms with van der Waals surface area (Å²) in [5.74, 6) is 0.227. The fourth-order valence-corrected chi connectivity index (χ4v) is 1.50. The molecule has 82 valence electrons. The van der Waals surface area contributed by atoms with Gasteiger partial charge in [-0.15, -0.1) is 0 Å². The van der Waals surface area contributed by atoms with Gasteiger partial charge in [0.05, 0.1) is 7.11 Å². The van der Waals surface area contributed by atoms with Gasteiger partial charge in [-0.25, -0.2) is 4.39 Å². The van der Waals surface area contributed by atoms with E-state index < -0.39 is 0 Å². The normalized spacial score (nSPS) is 10.1. The molecule has 0 saturated carbocycles. The minimum Gasteiger partial charge on any atom is -0.504 e. The Morgan fingerprint density at radius 1 is 1.00 bits per heavy atom. The molecule has 2 aromatic carbocycles. The molecule has 0 aliphatic carbocycles. The third kappa shape index (κ3) is 1.98. The van der Waals surface area contributed by atoms with Gasteiger partial charge in [-0.05, 0) is 35.4 Å². The van der Waals surface area contributed by atoms with Crippen molar-refractivity contribution in [3.05, 3.63) is 48.3 Å². The van der Waals surface area contributed by atoms with E-state index >= 15 is 0 Å². The largest absolute Gasteiger partial charge is 0.504 e. The number of phenolic OH excluding ortho intramolecular Hbond substituents is 1. The molecular weight excluding hydrogens is 207 g/mol. The molecule has 0 bridgehead atoms. The molecule has 0 atom stereocenters. The topological polar surface area (TPSA) is 29.5 Å². The summed E-state index contributed by atoms with van der Waals surface area (Å²) in [6.45, 7) is 0. The molecule has 0 aliphatic rings. The Balaban J connectivity index is 2.44. The van der Waals surface area contributed by atoms with E-state index in [1.807, 2.05) is 0 Å². The minimum atomic E-state index is -0.269. The zero-order chi connectivity index (χ0) is 11.5. The second-order valence-corrected chi connectivity index (χ2v) is 3.39. The van der Waals surface area contributed by atoms with Crippen LogP contribution < -0.4 is 4.74 Å². The third-order valence-electron chi connectivity index (χ3n) is 2.36. The van der Waals surface area contributed by atoms with Crippen LogP contribution in [0.5, 0.6) is 11.5 Å². The number of benzene rings is 2. The number of phenols is 1. The van der Waals surface area contributed by atoms with Gasteiger partial charge in [-0.3, -0.25) is 0 Å². The van der Waals surface area contributed by atoms with Crippen molar-refractivity contribution in [3.63, 3.8) is 0 Å². The first-order valence-corrected chi connectivity index (χ1v) is 4.83. The molecule has 2 aromatic rings. The zero-order valence-electron chi connectivity index (χ0n) is 8.77. The van der Waals surface area contributed by atoms with Gasteiger partial charge >= 0.3 is 0 Å². The summed E-state index contributed by atoms with van der Waals surface area (Å²) in [5, 5.41) is 9.44. The summed E-state index contributed by atoms with van der Waals surface area (Å²) in [5.41, 5.74) is 1.74. The predicted octanol–water partition coefficient (Wildman–Crippen LogP) is 3.21. The van der Waals surface area contributed by atoms with Crippen molar-refractivity contribution in [2.45, 2.75) is 0 Å². The monoisotopic (exact) mass is 218 g/mol. The molecule has 0 aliphatic heterocycles. The van der Waals surface area contributed by atoms with Crippen molar-refractivity contribution in [2.24, 2.45) is 0 Å². The molecule has 16 heavy (non-hydrogen) atoms. The molecule has 0 radical (unpaired) electrons. The third-order valence-corrected chi connectivity index (χ3v) is 2.36. The Hall–Kier alpha value is -2.03. The number of hydrogen-bond acceptors (Lipinski definition) is 2. The van der Waals surface area contributed by atoms with E-state index in [1.165, 1.54) is 19.2 Å². The number of methoxy groups -OCH3 is 1. The van der Waals surface area contributed by atoms with Gasteiger partial charge in [-0.2, -0.15) is 0 Å². The van der Waals surface area contributed by atoms with Crippen LogP contribution in [-0.4, -0.2) is 12.2 Å². The average molecular weight is 218 g/mol. The standard InChI is InChI=1S/C13H11FO2/c1-16-13-8-10(4-7-12(13)15)9-2-5-11(14)6-3-9/h2-8,15H,1H3. The summed E-state index contributed by atoms with van der Waals surface area (Å²) in [7, 11) is 1.49. The molecule has 2 nitrogen and oxygen atoms in total. The first-order chi connectivity index (χ1) is 7.70. The van der Waals surface area contributed by atoms with Gasteiger partial charge < -0.3 is 9.84 Å². The van der Waals surface area contributed by atoms with E-state index in [4.69, 9.17) is 4.74 Å². The first kappa shape index (κ1) is 10.5. The maximum absolute atomic E-state index is 12.7. The number of ether oxygens (including phenoxy) is 1. The SMILES string of the molecule is COc1cc(-c2ccc(F)cc2)ccc1O. The molecule has 0 amide bonds. The lowest BCUT2D eigenvalue weighted by molar-refractivity contribution is 0.373. The van der Waals surface area contributed by atoms with E-state index in [0.717, 1.165) is 11.1 Å². The van der Waals surface area contributed by atoms with Crippen molar-refractivity contribution in [1.82, 2.24) is 0 Å². The maximum atomic E-state index is 12.7. The van der Waals surface area contributed by atoms with Crippen molar-refractivity contribution < 1.29 is 14.2 Å². The highest BCUT2D eigenvalue weighted by Crippen LogP contribution is 2.31. The molecule has 0 heterocycles. The Kier molecular flexibility index (Phi) is 2.77. The van der Waals surface area contributed by atoms with Crippen LogP contribution in [0.1, 0.15) is 0 Å². The van der Waals surface area contributed by atoms with E-state index in [1.54, 1.807) is 30.3 Å². The summed E-state index contributed by atoms with van der Waals surface area (Å²) >= 11 is 0. The highest BCUT2D eigenvalue weighted by atomic mass is 19.1. The number of rotatable bonds is 2. The molecule has 0 saturated heterocycles. The Morgan fingerprint density at radius 2 is 1.62 bits per heavy atom. The van der Waals surface area contributed by atoms with Crippen molar-refractivity contribution in [3.8, 4) is 22.6 Å². The Labute approximate surface area is 92.9 Å². The van der Waals surface area contributed by atoms with Crippen LogP contribution in [0.15, 0.2) is 42.5 Å². The number of halogens is 1. The van der Waals surface area contributed by atoms with Crippen LogP contribution in [0.25, 0.3) is 11.1 Å². The average Bonchev–Trinajstić information content (AvgIpc) is 2.31. The van der Waals surface area contributed by atoms with E-state index in [0.29, 0.717) is 5.75 Å². The Bertz CT molecular complexity index is 492. The molecule has 1 N–H and O–H groups in total. The van der Waals surface area contributed by atoms with Gasteiger partial charge in [0.2, 0.25) is 0 Å². The van der Waals surface area contributed by atoms with Gasteiger partial charge in [0.15, 0.2) is 11.5 Å². The van der Waals surface area contributed by atoms with Gasteiger partial charge in [-0.1, -0.05) is 18.2 Å². The van der Waals surface area contributed by atoms with Gasteiger partial charge in [0.1, 0.15) is 5.82 Å². The van der Waals surface area contributed by atoms with E-state index in [2.05, 4.69) is 0 Å². The smallest absolute Gasteiger partial charge is 0.161 e. The van der Waals surface area contributed by atoms with Crippen LogP contribution in [0.3, 0.4) is 0 Å². The maximum Gasteiger partial charge on any atom is 0.161 e. The van der Waals surface area contributed by atoms with Crippen molar-refractivity contribution in [2.75, 3.05) is 7.11 Å². The second kappa shape index (κ2) is 4.23. The summed E-state index contributed by atoms with van der Waals surface area (Å²) in [6.07, 6.45) is 0. The summed E-state index contributed by atoms with van der Waals surface area (Å²) in [6, 6.07) is 11.2. The number of hydrogen-bond donors (Lipinski definition) is 1. The lowest BCUT2D eigenvalue weighted by Crippen LogP contribution is -1.85. The predicted molar refractivity (Wildman–Crippen MR) is 60.1 cm³/mol. The van der Waals surface area contributed by atoms with Gasteiger partial charge in [0, 0.05) is 0 Å². The molecule has 2 rings (SSSR count). The molecule has 3 heteroatoms. The van der Waals surface area contributed by atoms with Gasteiger partial charge in [0.25, 0.3) is 0 Å². The van der Waals surface area contributed by atoms with E-state index in [-0.39, 0.29) is 11.6 Å². The second-order valence-electron chi connectivity index (χ2n) is 3.39. The molecular formula is C13H11FO2. The Morgan fingerprint density at radius 3 is 2.25 bits per heavy atom. The highest BCUT2D eigenvalue weighted by molar-refractivity contribution is 5.66. The lowest BCUT2D eigenvalue weighted by Gasteiger charge is -2.06. The minimum absolute atomic E-state index is 0.0911. The fourth-order valence-electron chi connectivity index (χ4n) is 1.50. The summed E-state index contributed by atoms with van der Waals surface area (Å²) in [4.78, 5) is 0. The first-order valence-electron chi connectivity index (χ1n) is 4.83. The van der Waals surface area contributed by atoms with Crippen LogP contribution in [0.4, 0.5) is 4.39 Å². The van der Waals surface area contributed by atoms with Crippen LogP contribution in [0, 0.1) is 5.82 Å². The zero-order valence-corrected chi connectivity index (χ0v) is 8.77. The van der Waals surface area contributed by atoms with Crippen molar-refractivity contribution in [1.29, 1.82) is 0 Å². The molecule has 0 fully saturated rings.